The molecule has 4 aliphatic rings. The molecule has 10 nitrogen and oxygen atoms in total. The second-order valence-corrected chi connectivity index (χ2v) is 12.4. The van der Waals surface area contributed by atoms with Gasteiger partial charge in [-0.1, -0.05) is 19.4 Å². The first kappa shape index (κ1) is 28.7. The fraction of sp³-hybridized carbons (Fsp3) is 0.471. The van der Waals surface area contributed by atoms with E-state index >= 15 is 0 Å². The summed E-state index contributed by atoms with van der Waals surface area (Å²) in [6.07, 6.45) is 7.83. The summed E-state index contributed by atoms with van der Waals surface area (Å²) >= 11 is 0. The molecular weight excluding hydrogens is 560 g/mol. The predicted octanol–water partition coefficient (Wildman–Crippen LogP) is 4.26. The Morgan fingerprint density at radius 3 is 2.64 bits per heavy atom. The van der Waals surface area contributed by atoms with Crippen molar-refractivity contribution >= 4 is 23.0 Å². The zero-order chi connectivity index (χ0) is 30.6. The smallest absolute Gasteiger partial charge is 0.415 e. The maximum absolute atomic E-state index is 13.6. The number of ether oxygens (including phenoxy) is 2. The number of cyclic esters (lactones) is 1. The van der Waals surface area contributed by atoms with Crippen molar-refractivity contribution in [3.63, 3.8) is 0 Å². The topological polar surface area (TPSA) is 114 Å². The third-order valence-corrected chi connectivity index (χ3v) is 9.96. The van der Waals surface area contributed by atoms with Crippen molar-refractivity contribution < 1.29 is 24.2 Å². The third kappa shape index (κ3) is 4.62. The number of pyridine rings is 2. The second-order valence-electron chi connectivity index (χ2n) is 12.4. The average molecular weight is 599 g/mol. The number of likely N-dealkylation sites (tertiary alicyclic amines) is 2. The minimum atomic E-state index is -1.88. The summed E-state index contributed by atoms with van der Waals surface area (Å²) in [4.78, 5) is 48.6. The first-order valence-corrected chi connectivity index (χ1v) is 15.8. The molecular formula is C34H38N4O6. The van der Waals surface area contributed by atoms with Gasteiger partial charge in [-0.2, -0.15) is 0 Å². The first-order chi connectivity index (χ1) is 21.3. The van der Waals surface area contributed by atoms with Crippen molar-refractivity contribution in [2.75, 3.05) is 26.2 Å². The zero-order valence-electron chi connectivity index (χ0n) is 25.1. The molecule has 2 saturated heterocycles. The van der Waals surface area contributed by atoms with Gasteiger partial charge in [-0.3, -0.25) is 4.79 Å². The fourth-order valence-electron chi connectivity index (χ4n) is 7.44. The molecule has 1 atom stereocenters. The predicted molar refractivity (Wildman–Crippen MR) is 164 cm³/mol. The molecule has 44 heavy (non-hydrogen) atoms. The number of allylic oxidation sites excluding steroid dienone is 1. The Balaban J connectivity index is 1.18. The summed E-state index contributed by atoms with van der Waals surface area (Å²) in [5.74, 6) is -0.304. The molecule has 10 heteroatoms. The lowest BCUT2D eigenvalue weighted by Crippen LogP contribution is -2.48. The van der Waals surface area contributed by atoms with Crippen LogP contribution in [0.1, 0.15) is 67.7 Å². The number of aromatic nitrogens is 2. The van der Waals surface area contributed by atoms with Crippen LogP contribution in [0.3, 0.4) is 0 Å². The number of hydrogen-bond acceptors (Lipinski definition) is 8. The molecule has 230 valence electrons. The van der Waals surface area contributed by atoms with Gasteiger partial charge in [0, 0.05) is 35.6 Å². The van der Waals surface area contributed by atoms with Crippen molar-refractivity contribution in [1.29, 1.82) is 0 Å². The highest BCUT2D eigenvalue weighted by molar-refractivity contribution is 5.90. The molecule has 0 saturated carbocycles. The molecule has 0 aliphatic carbocycles. The maximum atomic E-state index is 13.6. The van der Waals surface area contributed by atoms with E-state index in [4.69, 9.17) is 14.5 Å². The number of esters is 1. The minimum absolute atomic E-state index is 0.0827. The summed E-state index contributed by atoms with van der Waals surface area (Å²) in [5.41, 5.74) is 2.08. The largest absolute Gasteiger partial charge is 0.458 e. The highest BCUT2D eigenvalue weighted by Gasteiger charge is 2.45. The number of amides is 1. The molecule has 6 heterocycles. The monoisotopic (exact) mass is 598 g/mol. The molecule has 1 N–H and O–H groups in total. The average Bonchev–Trinajstić information content (AvgIpc) is 3.42. The van der Waals surface area contributed by atoms with Crippen LogP contribution in [-0.4, -0.2) is 68.7 Å². The van der Waals surface area contributed by atoms with E-state index in [2.05, 4.69) is 11.5 Å². The van der Waals surface area contributed by atoms with E-state index in [0.717, 1.165) is 42.4 Å². The van der Waals surface area contributed by atoms with Gasteiger partial charge in [0.05, 0.1) is 29.0 Å². The Morgan fingerprint density at radius 1 is 1.14 bits per heavy atom. The van der Waals surface area contributed by atoms with Gasteiger partial charge in [-0.15, -0.1) is 6.58 Å². The minimum Gasteiger partial charge on any atom is -0.458 e. The van der Waals surface area contributed by atoms with E-state index in [1.807, 2.05) is 12.1 Å². The summed E-state index contributed by atoms with van der Waals surface area (Å²) in [5, 5.41) is 12.0. The third-order valence-electron chi connectivity index (χ3n) is 9.96. The Hall–Kier alpha value is -4.02. The molecule has 7 rings (SSSR count). The van der Waals surface area contributed by atoms with Crippen LogP contribution in [0.4, 0.5) is 4.79 Å². The molecule has 4 aliphatic heterocycles. The Morgan fingerprint density at radius 2 is 1.91 bits per heavy atom. The van der Waals surface area contributed by atoms with Crippen molar-refractivity contribution in [3.05, 3.63) is 69.5 Å². The number of carbonyl (C=O) groups excluding carboxylic acids is 2. The molecule has 1 amide bonds. The van der Waals surface area contributed by atoms with Crippen LogP contribution >= 0.6 is 0 Å². The Bertz CT molecular complexity index is 1730. The van der Waals surface area contributed by atoms with E-state index in [9.17, 15) is 19.5 Å². The second kappa shape index (κ2) is 11.2. The number of piperidine rings is 2. The highest BCUT2D eigenvalue weighted by Crippen LogP contribution is 2.41. The molecule has 1 aromatic carbocycles. The normalized spacial score (nSPS) is 21.9. The van der Waals surface area contributed by atoms with Crippen molar-refractivity contribution in [2.24, 2.45) is 0 Å². The summed E-state index contributed by atoms with van der Waals surface area (Å²) < 4.78 is 12.7. The lowest BCUT2D eigenvalue weighted by atomic mass is 9.86. The van der Waals surface area contributed by atoms with Gasteiger partial charge in [0.2, 0.25) is 0 Å². The molecule has 0 bridgehead atoms. The Labute approximate surface area is 255 Å². The molecule has 0 radical (unpaired) electrons. The molecule has 3 aromatic rings. The van der Waals surface area contributed by atoms with E-state index < -0.39 is 11.6 Å². The number of nitrogens with zero attached hydrogens (tertiary/aromatic N) is 4. The standard InChI is InChI=1S/C34H38N4O6/c1-3-8-23-24-17-22(44-33(41)37-15-11-21(12-16-37)36-13-6-5-7-14-36)9-10-28(24)35-30-25(23)19-38-29(30)18-27-26(31(38)39)20-43-32(40)34(27,42)4-2/h3,9-10,17-18,21,42H,1,4-8,11-16,19-20H2,2H3/t34-/m0/s1. The SMILES string of the molecule is C=CCc1c2c(nc3ccc(OC(=O)N4CCC(N5CCCCC5)CC4)cc13)-c1cc3c(c(=O)n1C2)COC(=O)[C@]3(O)CC. The van der Waals surface area contributed by atoms with Crippen LogP contribution in [0.5, 0.6) is 5.75 Å². The van der Waals surface area contributed by atoms with Crippen LogP contribution in [0.2, 0.25) is 0 Å². The fourth-order valence-corrected chi connectivity index (χ4v) is 7.44. The molecule has 2 aromatic heterocycles. The van der Waals surface area contributed by atoms with Crippen molar-refractivity contribution in [1.82, 2.24) is 19.4 Å². The number of rotatable bonds is 5. The van der Waals surface area contributed by atoms with Crippen LogP contribution < -0.4 is 10.3 Å². The van der Waals surface area contributed by atoms with E-state index in [1.54, 1.807) is 34.6 Å². The van der Waals surface area contributed by atoms with Crippen LogP contribution in [0, 0.1) is 0 Å². The number of hydrogen-bond donors (Lipinski definition) is 1. The number of fused-ring (bicyclic) bond motifs is 5. The molecule has 2 fully saturated rings. The Kier molecular flexibility index (Phi) is 7.29. The number of carbonyl (C=O) groups is 2. The number of aliphatic hydroxyl groups is 1. The quantitative estimate of drug-likeness (QED) is 0.268. The van der Waals surface area contributed by atoms with E-state index in [1.165, 1.54) is 19.3 Å². The summed E-state index contributed by atoms with van der Waals surface area (Å²) in [6, 6.07) is 7.68. The van der Waals surface area contributed by atoms with Gasteiger partial charge in [-0.05, 0) is 81.4 Å². The van der Waals surface area contributed by atoms with Crippen molar-refractivity contribution in [3.8, 4) is 17.1 Å². The summed E-state index contributed by atoms with van der Waals surface area (Å²) in [6.45, 7) is 9.45. The van der Waals surface area contributed by atoms with E-state index in [0.29, 0.717) is 48.2 Å². The molecule has 0 unspecified atom stereocenters. The van der Waals surface area contributed by atoms with Gasteiger partial charge in [0.25, 0.3) is 5.56 Å². The van der Waals surface area contributed by atoms with Crippen LogP contribution in [0.15, 0.2) is 41.7 Å². The van der Waals surface area contributed by atoms with Crippen LogP contribution in [0.25, 0.3) is 22.3 Å². The first-order valence-electron chi connectivity index (χ1n) is 15.8. The lowest BCUT2D eigenvalue weighted by molar-refractivity contribution is -0.172. The lowest BCUT2D eigenvalue weighted by Gasteiger charge is -2.39. The maximum Gasteiger partial charge on any atom is 0.415 e. The van der Waals surface area contributed by atoms with Gasteiger partial charge >= 0.3 is 12.1 Å². The zero-order valence-corrected chi connectivity index (χ0v) is 25.1. The molecule has 0 spiro atoms. The van der Waals surface area contributed by atoms with Gasteiger partial charge in [0.1, 0.15) is 12.4 Å². The van der Waals surface area contributed by atoms with Crippen molar-refractivity contribution in [2.45, 2.75) is 76.7 Å². The van der Waals surface area contributed by atoms with Gasteiger partial charge < -0.3 is 28.9 Å². The summed E-state index contributed by atoms with van der Waals surface area (Å²) in [7, 11) is 0. The van der Waals surface area contributed by atoms with Gasteiger partial charge in [-0.25, -0.2) is 14.6 Å². The van der Waals surface area contributed by atoms with E-state index in [-0.39, 0.29) is 42.4 Å². The van der Waals surface area contributed by atoms with Crippen LogP contribution in [-0.2, 0) is 34.7 Å². The van der Waals surface area contributed by atoms with Gasteiger partial charge in [0.15, 0.2) is 5.60 Å². The highest BCUT2D eigenvalue weighted by atomic mass is 16.6. The number of benzene rings is 1.